The lowest BCUT2D eigenvalue weighted by Gasteiger charge is -2.08. The maximum atomic E-state index is 13.0. The molecule has 7 heteroatoms. The first-order chi connectivity index (χ1) is 13.3. The van der Waals surface area contributed by atoms with Crippen molar-refractivity contribution in [2.75, 3.05) is 5.32 Å². The second-order valence-electron chi connectivity index (χ2n) is 5.80. The molecule has 0 radical (unpaired) electrons. The fraction of sp³-hybridized carbons (Fsp3) is 0.0500. The summed E-state index contributed by atoms with van der Waals surface area (Å²) >= 11 is 0. The van der Waals surface area contributed by atoms with Crippen LogP contribution in [0.15, 0.2) is 73.1 Å². The van der Waals surface area contributed by atoms with E-state index in [1.165, 1.54) is 12.1 Å². The van der Waals surface area contributed by atoms with Gasteiger partial charge in [-0.1, -0.05) is 24.3 Å². The van der Waals surface area contributed by atoms with Crippen LogP contribution in [0.5, 0.6) is 11.6 Å². The molecule has 2 aromatic carbocycles. The van der Waals surface area contributed by atoms with Gasteiger partial charge in [-0.3, -0.25) is 5.10 Å². The normalized spacial score (nSPS) is 10.6. The van der Waals surface area contributed by atoms with E-state index < -0.39 is 0 Å². The Morgan fingerprint density at radius 3 is 2.48 bits per heavy atom. The van der Waals surface area contributed by atoms with Crippen LogP contribution in [0.1, 0.15) is 5.56 Å². The van der Waals surface area contributed by atoms with Crippen LogP contribution in [0.4, 0.5) is 10.3 Å². The van der Waals surface area contributed by atoms with E-state index in [1.54, 1.807) is 30.6 Å². The summed E-state index contributed by atoms with van der Waals surface area (Å²) < 4.78 is 18.6. The molecule has 0 amide bonds. The van der Waals surface area contributed by atoms with E-state index in [0.29, 0.717) is 24.1 Å². The van der Waals surface area contributed by atoms with Crippen molar-refractivity contribution in [1.82, 2.24) is 20.2 Å². The van der Waals surface area contributed by atoms with E-state index in [4.69, 9.17) is 4.74 Å². The largest absolute Gasteiger partial charge is 0.439 e. The van der Waals surface area contributed by atoms with Crippen molar-refractivity contribution in [2.24, 2.45) is 0 Å². The Labute approximate surface area is 155 Å². The average Bonchev–Trinajstić information content (AvgIpc) is 3.24. The van der Waals surface area contributed by atoms with Gasteiger partial charge < -0.3 is 10.1 Å². The monoisotopic (exact) mass is 361 g/mol. The highest BCUT2D eigenvalue weighted by molar-refractivity contribution is 5.58. The minimum absolute atomic E-state index is 0.314. The van der Waals surface area contributed by atoms with Gasteiger partial charge in [-0.25, -0.2) is 9.37 Å². The summed E-state index contributed by atoms with van der Waals surface area (Å²) in [6.45, 7) is 0.573. The molecule has 134 valence electrons. The van der Waals surface area contributed by atoms with Crippen LogP contribution >= 0.6 is 0 Å². The molecule has 0 aliphatic carbocycles. The molecule has 2 heterocycles. The smallest absolute Gasteiger partial charge is 0.226 e. The summed E-state index contributed by atoms with van der Waals surface area (Å²) in [5, 5.41) is 10.1. The highest BCUT2D eigenvalue weighted by atomic mass is 19.1. The van der Waals surface area contributed by atoms with Crippen LogP contribution in [0.3, 0.4) is 0 Å². The zero-order valence-corrected chi connectivity index (χ0v) is 14.3. The number of nitrogens with one attached hydrogen (secondary N) is 2. The van der Waals surface area contributed by atoms with Crippen molar-refractivity contribution < 1.29 is 9.13 Å². The predicted octanol–water partition coefficient (Wildman–Crippen LogP) is 4.41. The van der Waals surface area contributed by atoms with Crippen molar-refractivity contribution in [1.29, 1.82) is 0 Å². The van der Waals surface area contributed by atoms with Gasteiger partial charge in [-0.05, 0) is 41.5 Å². The van der Waals surface area contributed by atoms with E-state index in [9.17, 15) is 4.39 Å². The van der Waals surface area contributed by atoms with Gasteiger partial charge in [-0.15, -0.1) is 0 Å². The first kappa shape index (κ1) is 16.7. The molecule has 4 rings (SSSR count). The number of nitrogens with zero attached hydrogens (tertiary/aromatic N) is 3. The van der Waals surface area contributed by atoms with E-state index in [1.807, 2.05) is 30.3 Å². The summed E-state index contributed by atoms with van der Waals surface area (Å²) in [5.74, 6) is 1.03. The Hall–Kier alpha value is -3.74. The number of anilines is 1. The first-order valence-electron chi connectivity index (χ1n) is 8.35. The maximum absolute atomic E-state index is 13.0. The second kappa shape index (κ2) is 7.65. The maximum Gasteiger partial charge on any atom is 0.226 e. The SMILES string of the molecule is Fc1ccc(Oc2ccnc(NCc3ccc(-c4ccn[nH]4)cc3)n2)cc1. The molecule has 0 saturated carbocycles. The van der Waals surface area contributed by atoms with Crippen LogP contribution in [0, 0.1) is 5.82 Å². The van der Waals surface area contributed by atoms with Crippen molar-refractivity contribution in [3.8, 4) is 22.9 Å². The number of hydrogen-bond donors (Lipinski definition) is 2. The number of halogens is 1. The number of hydrogen-bond acceptors (Lipinski definition) is 5. The molecule has 0 unspecified atom stereocenters. The fourth-order valence-corrected chi connectivity index (χ4v) is 2.51. The van der Waals surface area contributed by atoms with Crippen molar-refractivity contribution in [3.63, 3.8) is 0 Å². The lowest BCUT2D eigenvalue weighted by atomic mass is 10.1. The van der Waals surface area contributed by atoms with Gasteiger partial charge in [0, 0.05) is 25.0 Å². The molecule has 2 N–H and O–H groups in total. The third kappa shape index (κ3) is 4.27. The second-order valence-corrected chi connectivity index (χ2v) is 5.80. The Morgan fingerprint density at radius 1 is 0.926 bits per heavy atom. The molecular weight excluding hydrogens is 345 g/mol. The molecule has 0 saturated heterocycles. The lowest BCUT2D eigenvalue weighted by molar-refractivity contribution is 0.460. The van der Waals surface area contributed by atoms with Gasteiger partial charge in [0.15, 0.2) is 0 Å². The van der Waals surface area contributed by atoms with Crippen LogP contribution in [0.2, 0.25) is 0 Å². The Bertz CT molecular complexity index is 1000. The van der Waals surface area contributed by atoms with Crippen LogP contribution in [0.25, 0.3) is 11.3 Å². The van der Waals surface area contributed by atoms with E-state index >= 15 is 0 Å². The highest BCUT2D eigenvalue weighted by Gasteiger charge is 2.04. The van der Waals surface area contributed by atoms with Crippen LogP contribution < -0.4 is 10.1 Å². The third-order valence-electron chi connectivity index (χ3n) is 3.88. The standard InChI is InChI=1S/C20H16FN5O/c21-16-5-7-17(8-6-16)27-19-10-11-22-20(25-19)23-13-14-1-3-15(4-2-14)18-9-12-24-26-18/h1-12H,13H2,(H,24,26)(H,22,23,25). The Morgan fingerprint density at radius 2 is 1.74 bits per heavy atom. The lowest BCUT2D eigenvalue weighted by Crippen LogP contribution is -2.04. The fourth-order valence-electron chi connectivity index (χ4n) is 2.51. The number of ether oxygens (including phenoxy) is 1. The number of benzene rings is 2. The number of H-pyrrole nitrogens is 1. The molecular formula is C20H16FN5O. The zero-order valence-electron chi connectivity index (χ0n) is 14.3. The van der Waals surface area contributed by atoms with E-state index in [0.717, 1.165) is 16.8 Å². The molecule has 4 aromatic rings. The van der Waals surface area contributed by atoms with Gasteiger partial charge in [0.1, 0.15) is 11.6 Å². The molecule has 0 bridgehead atoms. The topological polar surface area (TPSA) is 75.7 Å². The van der Waals surface area contributed by atoms with Crippen molar-refractivity contribution in [3.05, 3.63) is 84.4 Å². The molecule has 0 spiro atoms. The molecule has 0 aliphatic rings. The van der Waals surface area contributed by atoms with Crippen molar-refractivity contribution >= 4 is 5.95 Å². The minimum Gasteiger partial charge on any atom is -0.439 e. The zero-order chi connectivity index (χ0) is 18.5. The molecule has 0 aliphatic heterocycles. The van der Waals surface area contributed by atoms with Gasteiger partial charge in [0.25, 0.3) is 0 Å². The molecule has 0 fully saturated rings. The third-order valence-corrected chi connectivity index (χ3v) is 3.88. The minimum atomic E-state index is -0.314. The van der Waals surface area contributed by atoms with Gasteiger partial charge >= 0.3 is 0 Å². The molecule has 0 atom stereocenters. The molecule has 27 heavy (non-hydrogen) atoms. The average molecular weight is 361 g/mol. The van der Waals surface area contributed by atoms with E-state index in [-0.39, 0.29) is 5.82 Å². The Balaban J connectivity index is 1.39. The van der Waals surface area contributed by atoms with Crippen molar-refractivity contribution in [2.45, 2.75) is 6.54 Å². The molecule has 6 nitrogen and oxygen atoms in total. The molecule has 2 aromatic heterocycles. The number of aromatic nitrogens is 4. The van der Waals surface area contributed by atoms with Crippen LogP contribution in [-0.4, -0.2) is 20.2 Å². The summed E-state index contributed by atoms with van der Waals surface area (Å²) in [6.07, 6.45) is 3.33. The Kier molecular flexibility index (Phi) is 4.74. The summed E-state index contributed by atoms with van der Waals surface area (Å²) in [5.41, 5.74) is 3.14. The highest BCUT2D eigenvalue weighted by Crippen LogP contribution is 2.20. The summed E-state index contributed by atoms with van der Waals surface area (Å²) in [6, 6.07) is 17.5. The van der Waals surface area contributed by atoms with Gasteiger partial charge in [-0.2, -0.15) is 10.1 Å². The summed E-state index contributed by atoms with van der Waals surface area (Å²) in [7, 11) is 0. The number of aromatic amines is 1. The quantitative estimate of drug-likeness (QED) is 0.532. The predicted molar refractivity (Wildman–Crippen MR) is 99.9 cm³/mol. The van der Waals surface area contributed by atoms with E-state index in [2.05, 4.69) is 25.5 Å². The summed E-state index contributed by atoms with van der Waals surface area (Å²) in [4.78, 5) is 8.51. The van der Waals surface area contributed by atoms with Gasteiger partial charge in [0.05, 0.1) is 5.69 Å². The first-order valence-corrected chi connectivity index (χ1v) is 8.35. The van der Waals surface area contributed by atoms with Gasteiger partial charge in [0.2, 0.25) is 11.8 Å². The number of rotatable bonds is 6. The van der Waals surface area contributed by atoms with Crippen LogP contribution in [-0.2, 0) is 6.54 Å².